The highest BCUT2D eigenvalue weighted by Crippen LogP contribution is 2.25. The molecule has 1 aromatic rings. The molecule has 0 aliphatic heterocycles. The summed E-state index contributed by atoms with van der Waals surface area (Å²) in [6.07, 6.45) is 5.04. The number of rotatable bonds is 2. The Kier molecular flexibility index (Phi) is 3.37. The van der Waals surface area contributed by atoms with E-state index in [0.717, 1.165) is 0 Å². The Bertz CT molecular complexity index is 387. The second-order valence-corrected chi connectivity index (χ2v) is 3.07. The lowest BCUT2D eigenvalue weighted by Gasteiger charge is -2.04. The van der Waals surface area contributed by atoms with Gasteiger partial charge in [-0.3, -0.25) is 0 Å². The fraction of sp³-hybridized carbons (Fsp3) is 0.100. The summed E-state index contributed by atoms with van der Waals surface area (Å²) in [4.78, 5) is 0. The van der Waals surface area contributed by atoms with Crippen molar-refractivity contribution in [2.75, 3.05) is 6.61 Å². The lowest BCUT2D eigenvalue weighted by molar-refractivity contribution is 0.369. The third-order valence-corrected chi connectivity index (χ3v) is 2.06. The summed E-state index contributed by atoms with van der Waals surface area (Å²) in [5, 5.41) is 8.79. The van der Waals surface area contributed by atoms with E-state index in [4.69, 9.17) is 16.4 Å². The minimum Gasteiger partial charge on any atom is -0.480 e. The molecular weight excluding hydrogens is 230 g/mol. The van der Waals surface area contributed by atoms with E-state index < -0.39 is 0 Å². The summed E-state index contributed by atoms with van der Waals surface area (Å²) >= 11 is 3.25. The predicted molar refractivity (Wildman–Crippen MR) is 53.2 cm³/mol. The van der Waals surface area contributed by atoms with Crippen molar-refractivity contribution in [3.8, 4) is 24.2 Å². The second-order valence-electron chi connectivity index (χ2n) is 2.22. The SMILES string of the molecule is C#CCOc1cccc(Br)c1C#N. The fourth-order valence-electron chi connectivity index (χ4n) is 0.853. The summed E-state index contributed by atoms with van der Waals surface area (Å²) < 4.78 is 5.88. The average Bonchev–Trinajstić information content (AvgIpc) is 2.15. The number of terminal acetylenes is 1. The monoisotopic (exact) mass is 235 g/mol. The van der Waals surface area contributed by atoms with Crippen LogP contribution in [0.25, 0.3) is 0 Å². The molecular formula is C10H6BrNO. The first kappa shape index (κ1) is 9.64. The highest BCUT2D eigenvalue weighted by molar-refractivity contribution is 9.10. The number of ether oxygens (including phenoxy) is 1. The topological polar surface area (TPSA) is 33.0 Å². The van der Waals surface area contributed by atoms with Gasteiger partial charge < -0.3 is 4.74 Å². The largest absolute Gasteiger partial charge is 0.480 e. The zero-order valence-corrected chi connectivity index (χ0v) is 8.34. The number of hydrogen-bond acceptors (Lipinski definition) is 2. The second kappa shape index (κ2) is 4.54. The van der Waals surface area contributed by atoms with Crippen molar-refractivity contribution in [2.45, 2.75) is 0 Å². The van der Waals surface area contributed by atoms with Crippen LogP contribution < -0.4 is 4.74 Å². The quantitative estimate of drug-likeness (QED) is 0.738. The standard InChI is InChI=1S/C10H6BrNO/c1-2-6-13-10-5-3-4-9(11)8(10)7-12/h1,3-5H,6H2. The van der Waals surface area contributed by atoms with Crippen molar-refractivity contribution in [3.63, 3.8) is 0 Å². The van der Waals surface area contributed by atoms with Gasteiger partial charge in [0.05, 0.1) is 0 Å². The Labute approximate surface area is 85.3 Å². The fourth-order valence-corrected chi connectivity index (χ4v) is 1.29. The molecule has 0 aliphatic rings. The Morgan fingerprint density at radius 3 is 2.92 bits per heavy atom. The van der Waals surface area contributed by atoms with Crippen LogP contribution in [0, 0.1) is 23.7 Å². The van der Waals surface area contributed by atoms with Crippen LogP contribution in [0.15, 0.2) is 22.7 Å². The average molecular weight is 236 g/mol. The molecule has 0 atom stereocenters. The van der Waals surface area contributed by atoms with Crippen LogP contribution in [-0.2, 0) is 0 Å². The molecule has 0 aromatic heterocycles. The third-order valence-electron chi connectivity index (χ3n) is 1.40. The molecule has 0 N–H and O–H groups in total. The molecule has 13 heavy (non-hydrogen) atoms. The van der Waals surface area contributed by atoms with Crippen LogP contribution in [0.4, 0.5) is 0 Å². The van der Waals surface area contributed by atoms with Gasteiger partial charge in [0.25, 0.3) is 0 Å². The summed E-state index contributed by atoms with van der Waals surface area (Å²) in [6.45, 7) is 0.172. The van der Waals surface area contributed by atoms with Gasteiger partial charge in [-0.25, -0.2) is 0 Å². The van der Waals surface area contributed by atoms with Gasteiger partial charge in [0.2, 0.25) is 0 Å². The molecule has 64 valence electrons. The van der Waals surface area contributed by atoms with Crippen molar-refractivity contribution in [2.24, 2.45) is 0 Å². The molecule has 0 heterocycles. The highest BCUT2D eigenvalue weighted by atomic mass is 79.9. The van der Waals surface area contributed by atoms with Gasteiger partial charge in [0.15, 0.2) is 0 Å². The summed E-state index contributed by atoms with van der Waals surface area (Å²) in [5.41, 5.74) is 0.470. The molecule has 2 nitrogen and oxygen atoms in total. The van der Waals surface area contributed by atoms with Crippen LogP contribution in [0.1, 0.15) is 5.56 Å². The lowest BCUT2D eigenvalue weighted by atomic mass is 10.2. The van der Waals surface area contributed by atoms with Gasteiger partial charge >= 0.3 is 0 Å². The van der Waals surface area contributed by atoms with E-state index in [1.165, 1.54) is 0 Å². The first-order valence-electron chi connectivity index (χ1n) is 3.54. The van der Waals surface area contributed by atoms with Crippen molar-refractivity contribution in [3.05, 3.63) is 28.2 Å². The number of hydrogen-bond donors (Lipinski definition) is 0. The van der Waals surface area contributed by atoms with Crippen molar-refractivity contribution in [1.29, 1.82) is 5.26 Å². The zero-order valence-electron chi connectivity index (χ0n) is 6.75. The van der Waals surface area contributed by atoms with Crippen molar-refractivity contribution in [1.82, 2.24) is 0 Å². The Morgan fingerprint density at radius 1 is 1.54 bits per heavy atom. The van der Waals surface area contributed by atoms with E-state index in [1.54, 1.807) is 18.2 Å². The van der Waals surface area contributed by atoms with Gasteiger partial charge in [-0.1, -0.05) is 12.0 Å². The highest BCUT2D eigenvalue weighted by Gasteiger charge is 2.05. The number of halogens is 1. The molecule has 0 saturated heterocycles. The van der Waals surface area contributed by atoms with Crippen LogP contribution >= 0.6 is 15.9 Å². The van der Waals surface area contributed by atoms with Crippen LogP contribution in [0.2, 0.25) is 0 Å². The smallest absolute Gasteiger partial charge is 0.148 e. The first-order chi connectivity index (χ1) is 6.29. The number of benzene rings is 1. The van der Waals surface area contributed by atoms with Gasteiger partial charge in [-0.2, -0.15) is 5.26 Å². The molecule has 0 unspecified atom stereocenters. The predicted octanol–water partition coefficient (Wildman–Crippen LogP) is 2.33. The molecule has 1 aromatic carbocycles. The van der Waals surface area contributed by atoms with Crippen molar-refractivity contribution < 1.29 is 4.74 Å². The van der Waals surface area contributed by atoms with Crippen molar-refractivity contribution >= 4 is 15.9 Å². The van der Waals surface area contributed by atoms with E-state index in [2.05, 4.69) is 21.9 Å². The van der Waals surface area contributed by atoms with Crippen LogP contribution in [-0.4, -0.2) is 6.61 Å². The third kappa shape index (κ3) is 2.24. The normalized spacial score (nSPS) is 8.54. The zero-order chi connectivity index (χ0) is 9.68. The van der Waals surface area contributed by atoms with Gasteiger partial charge in [0.1, 0.15) is 24.0 Å². The number of nitriles is 1. The van der Waals surface area contributed by atoms with Gasteiger partial charge in [-0.05, 0) is 28.1 Å². The summed E-state index contributed by atoms with van der Waals surface area (Å²) in [5.74, 6) is 2.85. The van der Waals surface area contributed by atoms with Crippen LogP contribution in [0.5, 0.6) is 5.75 Å². The molecule has 1 rings (SSSR count). The van der Waals surface area contributed by atoms with Crippen LogP contribution in [0.3, 0.4) is 0 Å². The van der Waals surface area contributed by atoms with E-state index in [9.17, 15) is 0 Å². The van der Waals surface area contributed by atoms with E-state index in [1.807, 2.05) is 6.07 Å². The molecule has 0 aliphatic carbocycles. The minimum atomic E-state index is 0.172. The summed E-state index contributed by atoms with van der Waals surface area (Å²) in [6, 6.07) is 7.31. The minimum absolute atomic E-state index is 0.172. The molecule has 0 spiro atoms. The van der Waals surface area contributed by atoms with Gasteiger partial charge in [0, 0.05) is 4.47 Å². The van der Waals surface area contributed by atoms with E-state index >= 15 is 0 Å². The Hall–Kier alpha value is -1.45. The first-order valence-corrected chi connectivity index (χ1v) is 4.33. The maximum absolute atomic E-state index is 8.79. The van der Waals surface area contributed by atoms with E-state index in [0.29, 0.717) is 15.8 Å². The Balaban J connectivity index is 3.02. The Morgan fingerprint density at radius 2 is 2.31 bits per heavy atom. The molecule has 0 amide bonds. The molecule has 0 bridgehead atoms. The molecule has 0 saturated carbocycles. The van der Waals surface area contributed by atoms with Gasteiger partial charge in [-0.15, -0.1) is 6.42 Å². The maximum atomic E-state index is 8.79. The van der Waals surface area contributed by atoms with E-state index in [-0.39, 0.29) is 6.61 Å². The molecule has 3 heteroatoms. The maximum Gasteiger partial charge on any atom is 0.148 e. The lowest BCUT2D eigenvalue weighted by Crippen LogP contribution is -1.96. The summed E-state index contributed by atoms with van der Waals surface area (Å²) in [7, 11) is 0. The molecule has 0 radical (unpaired) electrons. The molecule has 0 fully saturated rings. The number of nitrogens with zero attached hydrogens (tertiary/aromatic N) is 1.